The fraction of sp³-hybridized carbons (Fsp3) is 0.571. The van der Waals surface area contributed by atoms with Gasteiger partial charge in [-0.05, 0) is 43.9 Å². The summed E-state index contributed by atoms with van der Waals surface area (Å²) in [7, 11) is -7.37. The first-order chi connectivity index (χ1) is 9.93. The van der Waals surface area contributed by atoms with Crippen LogP contribution in [0.4, 0.5) is 0 Å². The van der Waals surface area contributed by atoms with Gasteiger partial charge in [-0.15, -0.1) is 0 Å². The minimum Gasteiger partial charge on any atom is -0.224 e. The molecule has 0 saturated carbocycles. The Morgan fingerprint density at radius 1 is 1.09 bits per heavy atom. The molecule has 8 heteroatoms. The molecule has 0 fully saturated rings. The van der Waals surface area contributed by atoms with Gasteiger partial charge in [-0.3, -0.25) is 0 Å². The zero-order valence-electron chi connectivity index (χ0n) is 13.1. The van der Waals surface area contributed by atoms with Gasteiger partial charge < -0.3 is 0 Å². The van der Waals surface area contributed by atoms with Crippen LogP contribution in [0.25, 0.3) is 0 Å². The van der Waals surface area contributed by atoms with E-state index in [-0.39, 0.29) is 20.9 Å². The van der Waals surface area contributed by atoms with Crippen LogP contribution in [0.5, 0.6) is 0 Å². The molecule has 0 spiro atoms. The Balaban J connectivity index is 3.07. The van der Waals surface area contributed by atoms with Crippen LogP contribution in [0.1, 0.15) is 33.6 Å². The van der Waals surface area contributed by atoms with Gasteiger partial charge in [-0.1, -0.05) is 25.4 Å². The van der Waals surface area contributed by atoms with E-state index in [1.807, 2.05) is 0 Å². The first-order valence-corrected chi connectivity index (χ1v) is 10.7. The number of hydrogen-bond acceptors (Lipinski definition) is 4. The molecule has 0 amide bonds. The number of rotatable bonds is 7. The largest absolute Gasteiger partial charge is 0.242 e. The molecule has 0 saturated heterocycles. The Hall–Kier alpha value is -0.630. The predicted octanol–water partition coefficient (Wildman–Crippen LogP) is 2.85. The van der Waals surface area contributed by atoms with Crippen molar-refractivity contribution in [1.82, 2.24) is 4.72 Å². The SMILES string of the molecule is CC(C)CCC(C)NS(=O)(=O)c1cc(S(C)(=O)=O)ccc1Cl. The summed E-state index contributed by atoms with van der Waals surface area (Å²) in [5.41, 5.74) is 0. The molecular weight excluding hydrogens is 346 g/mol. The van der Waals surface area contributed by atoms with Gasteiger partial charge in [0.15, 0.2) is 9.84 Å². The van der Waals surface area contributed by atoms with Gasteiger partial charge in [0.2, 0.25) is 10.0 Å². The first kappa shape index (κ1) is 19.4. The predicted molar refractivity (Wildman–Crippen MR) is 88.4 cm³/mol. The summed E-state index contributed by atoms with van der Waals surface area (Å²) in [6.45, 7) is 5.90. The molecule has 1 atom stereocenters. The summed E-state index contributed by atoms with van der Waals surface area (Å²) in [6.07, 6.45) is 2.60. The van der Waals surface area contributed by atoms with Crippen LogP contribution in [0.3, 0.4) is 0 Å². The minimum absolute atomic E-state index is 0.00374. The first-order valence-electron chi connectivity index (χ1n) is 6.95. The number of sulfone groups is 1. The molecule has 0 aliphatic rings. The highest BCUT2D eigenvalue weighted by atomic mass is 35.5. The molecule has 1 rings (SSSR count). The normalized spacial score (nSPS) is 14.3. The molecule has 1 unspecified atom stereocenters. The third kappa shape index (κ3) is 5.53. The topological polar surface area (TPSA) is 80.3 Å². The maximum Gasteiger partial charge on any atom is 0.242 e. The second kappa shape index (κ2) is 7.29. The lowest BCUT2D eigenvalue weighted by Gasteiger charge is -2.16. The summed E-state index contributed by atoms with van der Waals surface area (Å²) in [5.74, 6) is 0.476. The molecule has 0 aliphatic carbocycles. The van der Waals surface area contributed by atoms with Crippen molar-refractivity contribution in [2.45, 2.75) is 49.4 Å². The third-order valence-electron chi connectivity index (χ3n) is 3.15. The second-order valence-electron chi connectivity index (χ2n) is 5.86. The van der Waals surface area contributed by atoms with Crippen molar-refractivity contribution in [2.24, 2.45) is 5.92 Å². The monoisotopic (exact) mass is 367 g/mol. The lowest BCUT2D eigenvalue weighted by atomic mass is 10.1. The average molecular weight is 368 g/mol. The van der Waals surface area contributed by atoms with Gasteiger partial charge in [-0.25, -0.2) is 21.6 Å². The van der Waals surface area contributed by atoms with Crippen molar-refractivity contribution in [3.8, 4) is 0 Å². The molecule has 0 bridgehead atoms. The minimum atomic E-state index is -3.87. The van der Waals surface area contributed by atoms with Gasteiger partial charge in [0.1, 0.15) is 4.90 Å². The summed E-state index contributed by atoms with van der Waals surface area (Å²) >= 11 is 5.93. The van der Waals surface area contributed by atoms with Gasteiger partial charge in [0.05, 0.1) is 9.92 Å². The van der Waals surface area contributed by atoms with E-state index in [2.05, 4.69) is 18.6 Å². The van der Waals surface area contributed by atoms with Gasteiger partial charge >= 0.3 is 0 Å². The van der Waals surface area contributed by atoms with Crippen LogP contribution in [-0.4, -0.2) is 29.1 Å². The lowest BCUT2D eigenvalue weighted by molar-refractivity contribution is 0.485. The average Bonchev–Trinajstić information content (AvgIpc) is 2.34. The standard InChI is InChI=1S/C14H22ClNO4S2/c1-10(2)5-6-11(3)16-22(19,20)14-9-12(21(4,17)18)7-8-13(14)15/h7-11,16H,5-6H2,1-4H3. The summed E-state index contributed by atoms with van der Waals surface area (Å²) in [6, 6.07) is 3.41. The van der Waals surface area contributed by atoms with Crippen molar-refractivity contribution in [2.75, 3.05) is 6.26 Å². The molecule has 1 N–H and O–H groups in total. The molecule has 0 radical (unpaired) electrons. The van der Waals surface area contributed by atoms with E-state index in [1.165, 1.54) is 12.1 Å². The number of benzene rings is 1. The lowest BCUT2D eigenvalue weighted by Crippen LogP contribution is -2.33. The van der Waals surface area contributed by atoms with Crippen LogP contribution in [-0.2, 0) is 19.9 Å². The highest BCUT2D eigenvalue weighted by Gasteiger charge is 2.22. The van der Waals surface area contributed by atoms with E-state index in [9.17, 15) is 16.8 Å². The van der Waals surface area contributed by atoms with Crippen molar-refractivity contribution >= 4 is 31.5 Å². The molecule has 0 aromatic heterocycles. The molecule has 126 valence electrons. The van der Waals surface area contributed by atoms with E-state index in [4.69, 9.17) is 11.6 Å². The Kier molecular flexibility index (Phi) is 6.44. The van der Waals surface area contributed by atoms with Crippen LogP contribution >= 0.6 is 11.6 Å². The summed E-state index contributed by atoms with van der Waals surface area (Å²) in [4.78, 5) is -0.291. The number of sulfonamides is 1. The van der Waals surface area contributed by atoms with Crippen molar-refractivity contribution in [3.63, 3.8) is 0 Å². The fourth-order valence-electron chi connectivity index (χ4n) is 1.89. The van der Waals surface area contributed by atoms with E-state index in [0.29, 0.717) is 12.3 Å². The third-order valence-corrected chi connectivity index (χ3v) is 6.34. The van der Waals surface area contributed by atoms with E-state index < -0.39 is 19.9 Å². The number of nitrogens with one attached hydrogen (secondary N) is 1. The number of halogens is 1. The summed E-state index contributed by atoms with van der Waals surface area (Å²) in [5, 5.41) is -0.00374. The van der Waals surface area contributed by atoms with Crippen molar-refractivity contribution in [1.29, 1.82) is 0 Å². The zero-order valence-corrected chi connectivity index (χ0v) is 15.5. The molecular formula is C14H22ClNO4S2. The highest BCUT2D eigenvalue weighted by molar-refractivity contribution is 7.91. The molecule has 1 aromatic rings. The molecule has 1 aromatic carbocycles. The zero-order chi connectivity index (χ0) is 17.1. The molecule has 22 heavy (non-hydrogen) atoms. The summed E-state index contributed by atoms with van der Waals surface area (Å²) < 4.78 is 50.5. The number of hydrogen-bond donors (Lipinski definition) is 1. The highest BCUT2D eigenvalue weighted by Crippen LogP contribution is 2.25. The maximum atomic E-state index is 12.4. The van der Waals surface area contributed by atoms with Crippen molar-refractivity contribution in [3.05, 3.63) is 23.2 Å². The Bertz CT molecular complexity index is 727. The van der Waals surface area contributed by atoms with E-state index in [0.717, 1.165) is 18.7 Å². The maximum absolute atomic E-state index is 12.4. The smallest absolute Gasteiger partial charge is 0.224 e. The van der Waals surface area contributed by atoms with Crippen LogP contribution in [0, 0.1) is 5.92 Å². The Morgan fingerprint density at radius 2 is 1.68 bits per heavy atom. The van der Waals surface area contributed by atoms with Crippen molar-refractivity contribution < 1.29 is 16.8 Å². The molecule has 5 nitrogen and oxygen atoms in total. The van der Waals surface area contributed by atoms with Crippen LogP contribution in [0.2, 0.25) is 5.02 Å². The molecule has 0 heterocycles. The van der Waals surface area contributed by atoms with E-state index in [1.54, 1.807) is 6.92 Å². The van der Waals surface area contributed by atoms with Gasteiger partial charge in [0.25, 0.3) is 0 Å². The van der Waals surface area contributed by atoms with Gasteiger partial charge in [0, 0.05) is 12.3 Å². The van der Waals surface area contributed by atoms with Crippen LogP contribution < -0.4 is 4.72 Å². The molecule has 0 aliphatic heterocycles. The van der Waals surface area contributed by atoms with Gasteiger partial charge in [-0.2, -0.15) is 0 Å². The fourth-order valence-corrected chi connectivity index (χ4v) is 4.42. The van der Waals surface area contributed by atoms with Crippen LogP contribution in [0.15, 0.2) is 28.0 Å². The Labute approximate surface area is 138 Å². The Morgan fingerprint density at radius 3 is 2.18 bits per heavy atom. The second-order valence-corrected chi connectivity index (χ2v) is 9.96. The van der Waals surface area contributed by atoms with E-state index >= 15 is 0 Å². The quantitative estimate of drug-likeness (QED) is 0.803.